The lowest BCUT2D eigenvalue weighted by molar-refractivity contribution is -0.336. The average Bonchev–Trinajstić information content (AvgIpc) is 2.32. The fraction of sp³-hybridized carbons (Fsp3) is 0.909. The van der Waals surface area contributed by atoms with Crippen LogP contribution in [0, 0.1) is 5.41 Å². The Balaban J connectivity index is 3.49. The molecule has 102 valence electrons. The van der Waals surface area contributed by atoms with Gasteiger partial charge in [0.2, 0.25) is 0 Å². The van der Waals surface area contributed by atoms with Gasteiger partial charge in [-0.15, -0.1) is 0 Å². The summed E-state index contributed by atoms with van der Waals surface area (Å²) in [5.41, 5.74) is -0.471. The molecule has 0 saturated heterocycles. The smallest absolute Gasteiger partial charge is 0.311 e. The van der Waals surface area contributed by atoms with E-state index in [-0.39, 0.29) is 32.2 Å². The van der Waals surface area contributed by atoms with E-state index in [1.54, 1.807) is 0 Å². The Bertz CT molecular complexity index is 216. The minimum absolute atomic E-state index is 0.158. The van der Waals surface area contributed by atoms with Crippen LogP contribution in [0.25, 0.3) is 0 Å². The van der Waals surface area contributed by atoms with E-state index in [2.05, 4.69) is 4.89 Å². The summed E-state index contributed by atoms with van der Waals surface area (Å²) in [6.07, 6.45) is -0.367. The summed E-state index contributed by atoms with van der Waals surface area (Å²) < 4.78 is 10.1. The molecule has 0 aromatic rings. The number of aliphatic hydroxyl groups is 1. The minimum Gasteiger partial charge on any atom is -0.463 e. The predicted molar refractivity (Wildman–Crippen MR) is 60.2 cm³/mol. The molecule has 0 aliphatic heterocycles. The molecule has 1 unspecified atom stereocenters. The van der Waals surface area contributed by atoms with Crippen LogP contribution in [0.4, 0.5) is 0 Å². The summed E-state index contributed by atoms with van der Waals surface area (Å²) in [5.74, 6) is -0.248. The van der Waals surface area contributed by atoms with Crippen LogP contribution < -0.4 is 0 Å². The van der Waals surface area contributed by atoms with Gasteiger partial charge in [-0.25, -0.2) is 10.1 Å². The van der Waals surface area contributed by atoms with Crippen molar-refractivity contribution in [3.63, 3.8) is 0 Å². The van der Waals surface area contributed by atoms with E-state index in [0.29, 0.717) is 6.42 Å². The van der Waals surface area contributed by atoms with Gasteiger partial charge in [-0.3, -0.25) is 4.79 Å². The summed E-state index contributed by atoms with van der Waals surface area (Å²) in [6, 6.07) is 0. The maximum Gasteiger partial charge on any atom is 0.311 e. The number of hydrogen-bond donors (Lipinski definition) is 2. The molecule has 0 aromatic carbocycles. The van der Waals surface area contributed by atoms with Crippen LogP contribution in [0.2, 0.25) is 0 Å². The SMILES string of the molecule is CCC(C)(C)C(=O)OCCOCCC(O)OO. The first kappa shape index (κ1) is 16.3. The number of carbonyl (C=O) groups is 1. The third kappa shape index (κ3) is 7.27. The molecule has 0 aromatic heterocycles. The van der Waals surface area contributed by atoms with Crippen molar-refractivity contribution in [2.45, 2.75) is 39.9 Å². The molecule has 0 spiro atoms. The van der Waals surface area contributed by atoms with E-state index < -0.39 is 11.7 Å². The Labute approximate surface area is 101 Å². The van der Waals surface area contributed by atoms with Crippen molar-refractivity contribution < 1.29 is 29.5 Å². The van der Waals surface area contributed by atoms with Crippen molar-refractivity contribution in [2.24, 2.45) is 5.41 Å². The van der Waals surface area contributed by atoms with Crippen molar-refractivity contribution in [3.8, 4) is 0 Å². The quantitative estimate of drug-likeness (QED) is 0.210. The molecule has 0 radical (unpaired) electrons. The molecular weight excluding hydrogens is 228 g/mol. The fourth-order valence-corrected chi connectivity index (χ4v) is 0.872. The second kappa shape index (κ2) is 8.41. The number of aliphatic hydroxyl groups excluding tert-OH is 1. The van der Waals surface area contributed by atoms with Crippen molar-refractivity contribution in [1.29, 1.82) is 0 Å². The van der Waals surface area contributed by atoms with Crippen LogP contribution in [0.1, 0.15) is 33.6 Å². The van der Waals surface area contributed by atoms with E-state index >= 15 is 0 Å². The van der Waals surface area contributed by atoms with Gasteiger partial charge in [0.25, 0.3) is 0 Å². The highest BCUT2D eigenvalue weighted by Gasteiger charge is 2.26. The summed E-state index contributed by atoms with van der Waals surface area (Å²) in [7, 11) is 0. The Morgan fingerprint density at radius 2 is 1.94 bits per heavy atom. The number of rotatable bonds is 9. The lowest BCUT2D eigenvalue weighted by Gasteiger charge is -2.20. The van der Waals surface area contributed by atoms with Gasteiger partial charge in [-0.1, -0.05) is 6.92 Å². The first-order valence-electron chi connectivity index (χ1n) is 5.67. The zero-order valence-corrected chi connectivity index (χ0v) is 10.6. The Morgan fingerprint density at radius 3 is 2.47 bits per heavy atom. The Kier molecular flexibility index (Phi) is 8.07. The zero-order chi connectivity index (χ0) is 13.3. The molecule has 0 bridgehead atoms. The third-order valence-electron chi connectivity index (χ3n) is 2.53. The highest BCUT2D eigenvalue weighted by molar-refractivity contribution is 5.75. The van der Waals surface area contributed by atoms with E-state index in [4.69, 9.17) is 19.8 Å². The number of ether oxygens (including phenoxy) is 2. The summed E-state index contributed by atoms with van der Waals surface area (Å²) in [4.78, 5) is 15.2. The van der Waals surface area contributed by atoms with Gasteiger partial charge >= 0.3 is 5.97 Å². The number of carbonyl (C=O) groups excluding carboxylic acids is 1. The van der Waals surface area contributed by atoms with E-state index in [1.807, 2.05) is 20.8 Å². The molecule has 6 heteroatoms. The van der Waals surface area contributed by atoms with Gasteiger partial charge < -0.3 is 14.6 Å². The van der Waals surface area contributed by atoms with Crippen molar-refractivity contribution in [2.75, 3.05) is 19.8 Å². The molecule has 2 N–H and O–H groups in total. The standard InChI is InChI=1S/C11H22O6/c1-4-11(2,3)10(13)16-8-7-15-6-5-9(12)17-14/h9,12,14H,4-8H2,1-3H3. The minimum atomic E-state index is -1.24. The lowest BCUT2D eigenvalue weighted by Crippen LogP contribution is -2.27. The average molecular weight is 250 g/mol. The molecule has 0 heterocycles. The van der Waals surface area contributed by atoms with Crippen LogP contribution >= 0.6 is 0 Å². The first-order valence-corrected chi connectivity index (χ1v) is 5.67. The van der Waals surface area contributed by atoms with Crippen molar-refractivity contribution >= 4 is 5.97 Å². The summed E-state index contributed by atoms with van der Waals surface area (Å²) in [6.45, 7) is 6.22. The Hall–Kier alpha value is -0.690. The van der Waals surface area contributed by atoms with Gasteiger partial charge in [-0.05, 0) is 20.3 Å². The van der Waals surface area contributed by atoms with Crippen LogP contribution in [0.5, 0.6) is 0 Å². The van der Waals surface area contributed by atoms with E-state index in [9.17, 15) is 4.79 Å². The molecule has 0 fully saturated rings. The molecule has 1 atom stereocenters. The Morgan fingerprint density at radius 1 is 1.29 bits per heavy atom. The maximum absolute atomic E-state index is 11.5. The second-order valence-electron chi connectivity index (χ2n) is 4.33. The van der Waals surface area contributed by atoms with Gasteiger partial charge in [-0.2, -0.15) is 0 Å². The number of hydrogen-bond acceptors (Lipinski definition) is 6. The molecule has 0 aliphatic carbocycles. The van der Waals surface area contributed by atoms with Crippen LogP contribution in [-0.2, 0) is 19.2 Å². The fourth-order valence-electron chi connectivity index (χ4n) is 0.872. The normalized spacial score (nSPS) is 13.5. The lowest BCUT2D eigenvalue weighted by atomic mass is 9.91. The van der Waals surface area contributed by atoms with Gasteiger partial charge in [0.05, 0.1) is 18.6 Å². The molecule has 0 aliphatic rings. The number of esters is 1. The van der Waals surface area contributed by atoms with Crippen LogP contribution in [0.3, 0.4) is 0 Å². The van der Waals surface area contributed by atoms with Gasteiger partial charge in [0.15, 0.2) is 6.29 Å². The summed E-state index contributed by atoms with van der Waals surface area (Å²) in [5, 5.41) is 16.9. The first-order chi connectivity index (χ1) is 7.94. The monoisotopic (exact) mass is 250 g/mol. The van der Waals surface area contributed by atoms with Gasteiger partial charge in [0.1, 0.15) is 6.61 Å². The largest absolute Gasteiger partial charge is 0.463 e. The van der Waals surface area contributed by atoms with Crippen molar-refractivity contribution in [1.82, 2.24) is 0 Å². The van der Waals surface area contributed by atoms with E-state index in [1.165, 1.54) is 0 Å². The zero-order valence-electron chi connectivity index (χ0n) is 10.6. The van der Waals surface area contributed by atoms with Crippen molar-refractivity contribution in [3.05, 3.63) is 0 Å². The van der Waals surface area contributed by atoms with Gasteiger partial charge in [0, 0.05) is 6.42 Å². The molecular formula is C11H22O6. The molecule has 0 saturated carbocycles. The predicted octanol–water partition coefficient (Wildman–Crippen LogP) is 1.18. The molecule has 0 rings (SSSR count). The summed E-state index contributed by atoms with van der Waals surface area (Å²) >= 11 is 0. The molecule has 6 nitrogen and oxygen atoms in total. The van der Waals surface area contributed by atoms with Crippen LogP contribution in [-0.4, -0.2) is 42.4 Å². The van der Waals surface area contributed by atoms with Crippen LogP contribution in [0.15, 0.2) is 0 Å². The maximum atomic E-state index is 11.5. The highest BCUT2D eigenvalue weighted by atomic mass is 17.1. The molecule has 0 amide bonds. The second-order valence-corrected chi connectivity index (χ2v) is 4.33. The van der Waals surface area contributed by atoms with E-state index in [0.717, 1.165) is 0 Å². The highest BCUT2D eigenvalue weighted by Crippen LogP contribution is 2.21. The topological polar surface area (TPSA) is 85.2 Å². The third-order valence-corrected chi connectivity index (χ3v) is 2.53. The molecule has 17 heavy (non-hydrogen) atoms.